The lowest BCUT2D eigenvalue weighted by molar-refractivity contribution is -0.142. The molecule has 27 heavy (non-hydrogen) atoms. The number of anilines is 1. The lowest BCUT2D eigenvalue weighted by Gasteiger charge is -2.23. The van der Waals surface area contributed by atoms with Crippen molar-refractivity contribution < 1.29 is 23.9 Å². The molecule has 1 aromatic rings. The van der Waals surface area contributed by atoms with Gasteiger partial charge in [-0.25, -0.2) is 4.39 Å². The van der Waals surface area contributed by atoms with Crippen molar-refractivity contribution in [1.29, 1.82) is 0 Å². The van der Waals surface area contributed by atoms with E-state index >= 15 is 0 Å². The zero-order chi connectivity index (χ0) is 20.0. The van der Waals surface area contributed by atoms with Crippen LogP contribution < -0.4 is 10.6 Å². The summed E-state index contributed by atoms with van der Waals surface area (Å²) in [6.45, 7) is 3.78. The number of carbonyl (C=O) groups excluding carboxylic acids is 2. The zero-order valence-electron chi connectivity index (χ0n) is 15.8. The Bertz CT molecular complexity index is 705. The van der Waals surface area contributed by atoms with Gasteiger partial charge < -0.3 is 15.7 Å². The SMILES string of the molecule is CC(C)CC(=O)Nc1ccc(C(=O)N[C@H]2CCCCC[C@H]2C(=O)O)cc1F. The highest BCUT2D eigenvalue weighted by atomic mass is 19.1. The molecule has 2 amide bonds. The van der Waals surface area contributed by atoms with Gasteiger partial charge in [0.1, 0.15) is 5.82 Å². The largest absolute Gasteiger partial charge is 0.481 e. The predicted molar refractivity (Wildman–Crippen MR) is 99.9 cm³/mol. The third kappa shape index (κ3) is 6.05. The number of carbonyl (C=O) groups is 3. The fraction of sp³-hybridized carbons (Fsp3) is 0.550. The molecule has 0 unspecified atom stereocenters. The number of hydrogen-bond donors (Lipinski definition) is 3. The predicted octanol–water partition coefficient (Wildman–Crippen LogP) is 3.57. The molecule has 6 nitrogen and oxygen atoms in total. The summed E-state index contributed by atoms with van der Waals surface area (Å²) in [5, 5.41) is 14.6. The molecule has 0 heterocycles. The number of rotatable bonds is 6. The number of aliphatic carboxylic acids is 1. The maximum atomic E-state index is 14.3. The summed E-state index contributed by atoms with van der Waals surface area (Å²) in [7, 11) is 0. The van der Waals surface area contributed by atoms with Crippen LogP contribution in [-0.4, -0.2) is 28.9 Å². The van der Waals surface area contributed by atoms with Crippen molar-refractivity contribution in [2.45, 2.75) is 58.4 Å². The van der Waals surface area contributed by atoms with Crippen molar-refractivity contribution in [3.63, 3.8) is 0 Å². The molecule has 1 aromatic carbocycles. The van der Waals surface area contributed by atoms with Crippen LogP contribution in [0.4, 0.5) is 10.1 Å². The number of hydrogen-bond acceptors (Lipinski definition) is 3. The van der Waals surface area contributed by atoms with E-state index in [1.807, 2.05) is 13.8 Å². The molecule has 0 bridgehead atoms. The van der Waals surface area contributed by atoms with E-state index in [4.69, 9.17) is 0 Å². The first-order valence-corrected chi connectivity index (χ1v) is 9.41. The summed E-state index contributed by atoms with van der Waals surface area (Å²) < 4.78 is 14.3. The molecule has 0 radical (unpaired) electrons. The van der Waals surface area contributed by atoms with E-state index in [1.165, 1.54) is 12.1 Å². The highest BCUT2D eigenvalue weighted by molar-refractivity contribution is 5.96. The summed E-state index contributed by atoms with van der Waals surface area (Å²) in [6.07, 6.45) is 4.01. The molecule has 1 fully saturated rings. The van der Waals surface area contributed by atoms with Gasteiger partial charge in [0.05, 0.1) is 11.6 Å². The van der Waals surface area contributed by atoms with Crippen LogP contribution >= 0.6 is 0 Å². The maximum absolute atomic E-state index is 14.3. The first-order valence-electron chi connectivity index (χ1n) is 9.41. The van der Waals surface area contributed by atoms with Gasteiger partial charge in [-0.05, 0) is 37.0 Å². The van der Waals surface area contributed by atoms with Gasteiger partial charge in [-0.15, -0.1) is 0 Å². The summed E-state index contributed by atoms with van der Waals surface area (Å²) in [5.41, 5.74) is 0.123. The molecule has 2 atom stereocenters. The molecule has 1 aliphatic rings. The van der Waals surface area contributed by atoms with Crippen LogP contribution in [0.25, 0.3) is 0 Å². The maximum Gasteiger partial charge on any atom is 0.308 e. The van der Waals surface area contributed by atoms with Crippen LogP contribution in [0.15, 0.2) is 18.2 Å². The van der Waals surface area contributed by atoms with Crippen molar-refractivity contribution in [1.82, 2.24) is 5.32 Å². The molecular weight excluding hydrogens is 351 g/mol. The third-order valence-electron chi connectivity index (χ3n) is 4.75. The second kappa shape index (κ2) is 9.48. The number of nitrogens with one attached hydrogen (secondary N) is 2. The van der Waals surface area contributed by atoms with Crippen molar-refractivity contribution >= 4 is 23.5 Å². The zero-order valence-corrected chi connectivity index (χ0v) is 15.8. The molecular formula is C20H27FN2O4. The van der Waals surface area contributed by atoms with Crippen LogP contribution in [-0.2, 0) is 9.59 Å². The monoisotopic (exact) mass is 378 g/mol. The van der Waals surface area contributed by atoms with Gasteiger partial charge in [0.15, 0.2) is 0 Å². The van der Waals surface area contributed by atoms with Gasteiger partial charge in [0, 0.05) is 18.0 Å². The summed E-state index contributed by atoms with van der Waals surface area (Å²) >= 11 is 0. The lowest BCUT2D eigenvalue weighted by atomic mass is 9.94. The van der Waals surface area contributed by atoms with Gasteiger partial charge in [0.25, 0.3) is 5.91 Å². The minimum absolute atomic E-state index is 0.0232. The summed E-state index contributed by atoms with van der Waals surface area (Å²) in [6, 6.07) is 3.37. The van der Waals surface area contributed by atoms with Crippen LogP contribution in [0.2, 0.25) is 0 Å². The fourth-order valence-electron chi connectivity index (χ4n) is 3.36. The Morgan fingerprint density at radius 3 is 2.52 bits per heavy atom. The quantitative estimate of drug-likeness (QED) is 0.660. The Hall–Kier alpha value is -2.44. The smallest absolute Gasteiger partial charge is 0.308 e. The number of carboxylic acid groups (broad SMARTS) is 1. The summed E-state index contributed by atoms with van der Waals surface area (Å²) in [4.78, 5) is 35.7. The Balaban J connectivity index is 2.06. The van der Waals surface area contributed by atoms with Crippen LogP contribution in [0.1, 0.15) is 62.7 Å². The molecule has 1 aliphatic carbocycles. The number of halogens is 1. The average molecular weight is 378 g/mol. The number of amides is 2. The van der Waals surface area contributed by atoms with Crippen LogP contribution in [0.5, 0.6) is 0 Å². The molecule has 0 aliphatic heterocycles. The van der Waals surface area contributed by atoms with E-state index in [-0.39, 0.29) is 29.5 Å². The van der Waals surface area contributed by atoms with E-state index in [9.17, 15) is 23.9 Å². The molecule has 0 spiro atoms. The van der Waals surface area contributed by atoms with E-state index in [2.05, 4.69) is 10.6 Å². The first-order chi connectivity index (χ1) is 12.8. The highest BCUT2D eigenvalue weighted by Crippen LogP contribution is 2.24. The lowest BCUT2D eigenvalue weighted by Crippen LogP contribution is -2.42. The van der Waals surface area contributed by atoms with E-state index < -0.39 is 29.7 Å². The Morgan fingerprint density at radius 2 is 1.89 bits per heavy atom. The van der Waals surface area contributed by atoms with E-state index in [0.717, 1.165) is 25.3 Å². The van der Waals surface area contributed by atoms with Crippen LogP contribution in [0, 0.1) is 17.7 Å². The standard InChI is InChI=1S/C20H27FN2O4/c1-12(2)10-18(24)22-17-9-8-13(11-15(17)21)19(25)23-16-7-5-3-4-6-14(16)20(26)27/h8-9,11-12,14,16H,3-7,10H2,1-2H3,(H,22,24)(H,23,25)(H,26,27)/t14-,16+/m1/s1. The van der Waals surface area contributed by atoms with Gasteiger partial charge in [0.2, 0.25) is 5.91 Å². The van der Waals surface area contributed by atoms with Crippen LogP contribution in [0.3, 0.4) is 0 Å². The van der Waals surface area contributed by atoms with E-state index in [1.54, 1.807) is 0 Å². The average Bonchev–Trinajstić information content (AvgIpc) is 2.81. The fourth-order valence-corrected chi connectivity index (χ4v) is 3.36. The van der Waals surface area contributed by atoms with Gasteiger partial charge >= 0.3 is 5.97 Å². The molecule has 0 saturated heterocycles. The summed E-state index contributed by atoms with van der Waals surface area (Å²) in [5.74, 6) is -2.89. The van der Waals surface area contributed by atoms with Gasteiger partial charge in [-0.2, -0.15) is 0 Å². The second-order valence-electron chi connectivity index (χ2n) is 7.50. The Morgan fingerprint density at radius 1 is 1.19 bits per heavy atom. The minimum atomic E-state index is -0.920. The van der Waals surface area contributed by atoms with Crippen molar-refractivity contribution in [3.05, 3.63) is 29.6 Å². The van der Waals surface area contributed by atoms with E-state index in [0.29, 0.717) is 12.8 Å². The molecule has 3 N–H and O–H groups in total. The molecule has 7 heteroatoms. The van der Waals surface area contributed by atoms with Crippen molar-refractivity contribution in [2.75, 3.05) is 5.32 Å². The molecule has 1 saturated carbocycles. The minimum Gasteiger partial charge on any atom is -0.481 e. The first kappa shape index (κ1) is 20.9. The third-order valence-corrected chi connectivity index (χ3v) is 4.75. The topological polar surface area (TPSA) is 95.5 Å². The van der Waals surface area contributed by atoms with Crippen molar-refractivity contribution in [3.8, 4) is 0 Å². The normalized spacial score (nSPS) is 20.0. The Labute approximate surface area is 158 Å². The molecule has 2 rings (SSSR count). The second-order valence-corrected chi connectivity index (χ2v) is 7.50. The molecule has 0 aromatic heterocycles. The molecule has 148 valence electrons. The Kier molecular flexibility index (Phi) is 7.33. The van der Waals surface area contributed by atoms with Gasteiger partial charge in [-0.1, -0.05) is 33.1 Å². The van der Waals surface area contributed by atoms with Gasteiger partial charge in [-0.3, -0.25) is 14.4 Å². The number of carboxylic acids is 1. The number of benzene rings is 1. The highest BCUT2D eigenvalue weighted by Gasteiger charge is 2.30. The van der Waals surface area contributed by atoms with Crippen molar-refractivity contribution in [2.24, 2.45) is 11.8 Å².